The summed E-state index contributed by atoms with van der Waals surface area (Å²) in [5, 5.41) is 1.75. The molecule has 0 radical (unpaired) electrons. The van der Waals surface area contributed by atoms with Crippen LogP contribution in [0.25, 0.3) is 0 Å². The van der Waals surface area contributed by atoms with E-state index in [1.807, 2.05) is 25.1 Å². The van der Waals surface area contributed by atoms with Gasteiger partial charge in [-0.05, 0) is 42.8 Å². The Hall–Kier alpha value is -1.70. The summed E-state index contributed by atoms with van der Waals surface area (Å²) in [7, 11) is -3.43. The lowest BCUT2D eigenvalue weighted by atomic mass is 9.98. The van der Waals surface area contributed by atoms with E-state index in [2.05, 4.69) is 0 Å². The third kappa shape index (κ3) is 3.53. The second kappa shape index (κ2) is 7.04. The number of nitrogens with zero attached hydrogens (tertiary/aromatic N) is 1. The van der Waals surface area contributed by atoms with Crippen LogP contribution in [0, 0.1) is 12.8 Å². The fourth-order valence-electron chi connectivity index (χ4n) is 2.73. The van der Waals surface area contributed by atoms with Crippen molar-refractivity contribution in [1.82, 2.24) is 4.31 Å². The number of piperidine rings is 1. The highest BCUT2D eigenvalue weighted by molar-refractivity contribution is 7.91. The minimum Gasteiger partial charge on any atom is -0.426 e. The number of esters is 1. The first-order valence-electron chi connectivity index (χ1n) is 7.79. The first-order chi connectivity index (χ1) is 11.5. The van der Waals surface area contributed by atoms with Gasteiger partial charge in [-0.15, -0.1) is 11.3 Å². The Kier molecular flexibility index (Phi) is 5.03. The van der Waals surface area contributed by atoms with Crippen LogP contribution in [0.1, 0.15) is 18.4 Å². The number of benzene rings is 1. The van der Waals surface area contributed by atoms with Crippen LogP contribution >= 0.6 is 11.3 Å². The highest BCUT2D eigenvalue weighted by Gasteiger charge is 2.33. The van der Waals surface area contributed by atoms with Gasteiger partial charge >= 0.3 is 5.97 Å². The highest BCUT2D eigenvalue weighted by Crippen LogP contribution is 2.27. The SMILES string of the molecule is Cc1ccccc1OC(=O)C1CCN(S(=O)(=O)c2cccs2)CC1. The molecule has 2 aromatic rings. The molecule has 5 nitrogen and oxygen atoms in total. The lowest BCUT2D eigenvalue weighted by Gasteiger charge is -2.29. The molecule has 1 aliphatic heterocycles. The highest BCUT2D eigenvalue weighted by atomic mass is 32.2. The number of thiophene rings is 1. The average Bonchev–Trinajstić information content (AvgIpc) is 3.12. The summed E-state index contributed by atoms with van der Waals surface area (Å²) in [5.74, 6) is 0.0213. The monoisotopic (exact) mass is 365 g/mol. The van der Waals surface area contributed by atoms with Crippen molar-refractivity contribution >= 4 is 27.3 Å². The zero-order valence-corrected chi connectivity index (χ0v) is 15.0. The second-order valence-electron chi connectivity index (χ2n) is 5.80. The minimum atomic E-state index is -3.43. The van der Waals surface area contributed by atoms with Gasteiger partial charge in [0.05, 0.1) is 5.92 Å². The summed E-state index contributed by atoms with van der Waals surface area (Å²) in [6.45, 7) is 2.57. The van der Waals surface area contributed by atoms with Gasteiger partial charge in [-0.25, -0.2) is 8.42 Å². The molecule has 1 fully saturated rings. The van der Waals surface area contributed by atoms with Crippen LogP contribution in [0.2, 0.25) is 0 Å². The van der Waals surface area contributed by atoms with Crippen molar-refractivity contribution in [1.29, 1.82) is 0 Å². The van der Waals surface area contributed by atoms with Gasteiger partial charge in [0.2, 0.25) is 0 Å². The number of hydrogen-bond donors (Lipinski definition) is 0. The maximum atomic E-state index is 12.5. The van der Waals surface area contributed by atoms with E-state index in [-0.39, 0.29) is 11.9 Å². The first-order valence-corrected chi connectivity index (χ1v) is 10.1. The lowest BCUT2D eigenvalue weighted by molar-refractivity contribution is -0.140. The van der Waals surface area contributed by atoms with Crippen molar-refractivity contribution in [2.75, 3.05) is 13.1 Å². The predicted octanol–water partition coefficient (Wildman–Crippen LogP) is 3.06. The van der Waals surface area contributed by atoms with Gasteiger partial charge in [-0.3, -0.25) is 4.79 Å². The standard InChI is InChI=1S/C17H19NO4S2/c1-13-5-2-3-6-15(13)22-17(19)14-8-10-18(11-9-14)24(20,21)16-7-4-12-23-16/h2-7,12,14H,8-11H2,1H3. The van der Waals surface area contributed by atoms with E-state index in [9.17, 15) is 13.2 Å². The minimum absolute atomic E-state index is 0.264. The molecule has 0 spiro atoms. The van der Waals surface area contributed by atoms with Crippen LogP contribution in [-0.4, -0.2) is 31.8 Å². The maximum absolute atomic E-state index is 12.5. The van der Waals surface area contributed by atoms with Gasteiger partial charge in [0, 0.05) is 13.1 Å². The Morgan fingerprint density at radius 3 is 2.50 bits per heavy atom. The number of aryl methyl sites for hydroxylation is 1. The van der Waals surface area contributed by atoms with Crippen LogP contribution in [0.4, 0.5) is 0 Å². The zero-order chi connectivity index (χ0) is 17.2. The third-order valence-electron chi connectivity index (χ3n) is 4.18. The predicted molar refractivity (Wildman–Crippen MR) is 92.6 cm³/mol. The van der Waals surface area contributed by atoms with Crippen molar-refractivity contribution in [3.8, 4) is 5.75 Å². The van der Waals surface area contributed by atoms with Crippen molar-refractivity contribution in [2.24, 2.45) is 5.92 Å². The molecular weight excluding hydrogens is 346 g/mol. The molecular formula is C17H19NO4S2. The molecule has 1 saturated heterocycles. The molecule has 128 valence electrons. The molecule has 1 aromatic carbocycles. The fraction of sp³-hybridized carbons (Fsp3) is 0.353. The second-order valence-corrected chi connectivity index (χ2v) is 8.91. The van der Waals surface area contributed by atoms with E-state index in [1.165, 1.54) is 15.6 Å². The number of ether oxygens (including phenoxy) is 1. The van der Waals surface area contributed by atoms with Crippen LogP contribution in [0.5, 0.6) is 5.75 Å². The van der Waals surface area contributed by atoms with E-state index < -0.39 is 10.0 Å². The summed E-state index contributed by atoms with van der Waals surface area (Å²) < 4.78 is 32.2. The summed E-state index contributed by atoms with van der Waals surface area (Å²) >= 11 is 1.21. The van der Waals surface area contributed by atoms with Gasteiger partial charge in [0.15, 0.2) is 0 Å². The Morgan fingerprint density at radius 2 is 1.88 bits per heavy atom. The molecule has 2 heterocycles. The molecule has 0 unspecified atom stereocenters. The Bertz CT molecular complexity index is 807. The molecule has 0 saturated carbocycles. The molecule has 0 N–H and O–H groups in total. The first kappa shape index (κ1) is 17.1. The molecule has 0 atom stereocenters. The molecule has 7 heteroatoms. The number of carbonyl (C=O) groups excluding carboxylic acids is 1. The van der Waals surface area contributed by atoms with Gasteiger partial charge < -0.3 is 4.74 Å². The molecule has 1 aromatic heterocycles. The van der Waals surface area contributed by atoms with Crippen LogP contribution in [0.3, 0.4) is 0 Å². The maximum Gasteiger partial charge on any atom is 0.314 e. The van der Waals surface area contributed by atoms with E-state index >= 15 is 0 Å². The Morgan fingerprint density at radius 1 is 1.17 bits per heavy atom. The molecule has 24 heavy (non-hydrogen) atoms. The normalized spacial score (nSPS) is 16.9. The van der Waals surface area contributed by atoms with Crippen LogP contribution < -0.4 is 4.74 Å². The van der Waals surface area contributed by atoms with Gasteiger partial charge in [0.25, 0.3) is 10.0 Å². The molecule has 0 aliphatic carbocycles. The Balaban J connectivity index is 1.61. The van der Waals surface area contributed by atoms with E-state index in [0.717, 1.165) is 5.56 Å². The fourth-order valence-corrected chi connectivity index (χ4v) is 5.35. The summed E-state index contributed by atoms with van der Waals surface area (Å²) in [6.07, 6.45) is 0.963. The topological polar surface area (TPSA) is 63.7 Å². The molecule has 0 amide bonds. The quantitative estimate of drug-likeness (QED) is 0.617. The number of para-hydroxylation sites is 1. The summed E-state index contributed by atoms with van der Waals surface area (Å²) in [4.78, 5) is 12.3. The average molecular weight is 365 g/mol. The number of rotatable bonds is 4. The van der Waals surface area contributed by atoms with Gasteiger partial charge in [-0.1, -0.05) is 24.3 Å². The van der Waals surface area contributed by atoms with Crippen molar-refractivity contribution < 1.29 is 17.9 Å². The number of carbonyl (C=O) groups is 1. The van der Waals surface area contributed by atoms with Gasteiger partial charge in [-0.2, -0.15) is 4.31 Å². The molecule has 3 rings (SSSR count). The molecule has 0 bridgehead atoms. The van der Waals surface area contributed by atoms with E-state index in [1.54, 1.807) is 23.6 Å². The van der Waals surface area contributed by atoms with Gasteiger partial charge in [0.1, 0.15) is 9.96 Å². The van der Waals surface area contributed by atoms with Crippen molar-refractivity contribution in [2.45, 2.75) is 24.0 Å². The van der Waals surface area contributed by atoms with Crippen molar-refractivity contribution in [3.63, 3.8) is 0 Å². The van der Waals surface area contributed by atoms with Crippen molar-refractivity contribution in [3.05, 3.63) is 47.3 Å². The number of hydrogen-bond acceptors (Lipinski definition) is 5. The summed E-state index contributed by atoms with van der Waals surface area (Å²) in [5.41, 5.74) is 0.906. The van der Waals surface area contributed by atoms with E-state index in [4.69, 9.17) is 4.74 Å². The number of sulfonamides is 1. The smallest absolute Gasteiger partial charge is 0.314 e. The lowest BCUT2D eigenvalue weighted by Crippen LogP contribution is -2.40. The zero-order valence-electron chi connectivity index (χ0n) is 13.3. The van der Waals surface area contributed by atoms with E-state index in [0.29, 0.717) is 35.9 Å². The largest absolute Gasteiger partial charge is 0.426 e. The third-order valence-corrected chi connectivity index (χ3v) is 7.45. The Labute approximate surface area is 145 Å². The van der Waals surface area contributed by atoms with Crippen LogP contribution in [-0.2, 0) is 14.8 Å². The van der Waals surface area contributed by atoms with Crippen LogP contribution in [0.15, 0.2) is 46.0 Å². The molecule has 1 aliphatic rings. The summed E-state index contributed by atoms with van der Waals surface area (Å²) in [6, 6.07) is 10.7.